The molecule has 0 fully saturated rings. The maximum Gasteiger partial charge on any atom is 0.179 e. The monoisotopic (exact) mass is 768 g/mol. The summed E-state index contributed by atoms with van der Waals surface area (Å²) in [6.07, 6.45) is 0. The van der Waals surface area contributed by atoms with Crippen molar-refractivity contribution in [1.82, 2.24) is 4.57 Å². The molecule has 0 unspecified atom stereocenters. The minimum absolute atomic E-state index is 1.12. The Labute approximate surface area is 345 Å². The number of hydrogen-bond donors (Lipinski definition) is 0. The molecular formula is C56H40N2Si. The summed E-state index contributed by atoms with van der Waals surface area (Å²) in [6.45, 7) is 0. The SMILES string of the molecule is c1ccc(-n2c3ccccc3c3c(N(c4cccc([Si](c5ccccc5)(c5ccccc5)c5ccccc5)c4)c4cc5ccccc5c5ccccc45)cccc32)cc1. The molecule has 1 heterocycles. The van der Waals surface area contributed by atoms with Crippen LogP contribution < -0.4 is 25.6 Å². The lowest BCUT2D eigenvalue weighted by Crippen LogP contribution is -2.74. The van der Waals surface area contributed by atoms with E-state index in [0.717, 1.165) is 22.7 Å². The number of nitrogens with zero attached hydrogens (tertiary/aromatic N) is 2. The first kappa shape index (κ1) is 34.8. The third kappa shape index (κ3) is 5.62. The van der Waals surface area contributed by atoms with E-state index >= 15 is 0 Å². The minimum Gasteiger partial charge on any atom is -0.309 e. The second kappa shape index (κ2) is 14.5. The number of hydrogen-bond acceptors (Lipinski definition) is 1. The Morgan fingerprint density at radius 3 is 1.47 bits per heavy atom. The molecule has 0 aliphatic carbocycles. The number of fused-ring (bicyclic) bond motifs is 6. The van der Waals surface area contributed by atoms with Crippen LogP contribution >= 0.6 is 0 Å². The molecule has 2 nitrogen and oxygen atoms in total. The predicted octanol–water partition coefficient (Wildman–Crippen LogP) is 11.9. The van der Waals surface area contributed by atoms with Crippen molar-refractivity contribution in [1.29, 1.82) is 0 Å². The van der Waals surface area contributed by atoms with Gasteiger partial charge >= 0.3 is 0 Å². The van der Waals surface area contributed by atoms with E-state index in [1.54, 1.807) is 0 Å². The summed E-state index contributed by atoms with van der Waals surface area (Å²) in [7, 11) is -2.84. The van der Waals surface area contributed by atoms with Gasteiger partial charge in [0.1, 0.15) is 0 Å². The lowest BCUT2D eigenvalue weighted by atomic mass is 9.98. The van der Waals surface area contributed by atoms with Crippen molar-refractivity contribution < 1.29 is 0 Å². The fraction of sp³-hybridized carbons (Fsp3) is 0. The van der Waals surface area contributed by atoms with Gasteiger partial charge in [0.25, 0.3) is 0 Å². The highest BCUT2D eigenvalue weighted by molar-refractivity contribution is 7.19. The van der Waals surface area contributed by atoms with Gasteiger partial charge in [0.2, 0.25) is 0 Å². The predicted molar refractivity (Wildman–Crippen MR) is 254 cm³/mol. The van der Waals surface area contributed by atoms with Crippen molar-refractivity contribution in [3.63, 3.8) is 0 Å². The summed E-state index contributed by atoms with van der Waals surface area (Å²) in [6, 6.07) is 89.6. The van der Waals surface area contributed by atoms with Gasteiger partial charge in [-0.15, -0.1) is 0 Å². The van der Waals surface area contributed by atoms with Gasteiger partial charge in [-0.2, -0.15) is 0 Å². The van der Waals surface area contributed by atoms with Crippen molar-refractivity contribution >= 4 is 89.2 Å². The lowest BCUT2D eigenvalue weighted by Gasteiger charge is -2.36. The quantitative estimate of drug-likeness (QED) is 0.0849. The van der Waals surface area contributed by atoms with Crippen LogP contribution in [-0.2, 0) is 0 Å². The molecule has 3 heteroatoms. The van der Waals surface area contributed by atoms with Gasteiger partial charge in [-0.1, -0.05) is 194 Å². The average molecular weight is 769 g/mol. The summed E-state index contributed by atoms with van der Waals surface area (Å²) in [4.78, 5) is 2.54. The van der Waals surface area contributed by atoms with Crippen LogP contribution in [0.4, 0.5) is 17.1 Å². The van der Waals surface area contributed by atoms with Crippen LogP contribution in [0.5, 0.6) is 0 Å². The third-order valence-electron chi connectivity index (χ3n) is 12.1. The zero-order chi connectivity index (χ0) is 39.2. The van der Waals surface area contributed by atoms with Crippen LogP contribution in [0.2, 0.25) is 0 Å². The Bertz CT molecular complexity index is 3170. The van der Waals surface area contributed by atoms with E-state index in [0.29, 0.717) is 0 Å². The van der Waals surface area contributed by atoms with Gasteiger partial charge in [-0.05, 0) is 85.4 Å². The van der Waals surface area contributed by atoms with Crippen molar-refractivity contribution in [3.8, 4) is 5.69 Å². The largest absolute Gasteiger partial charge is 0.309 e. The van der Waals surface area contributed by atoms with Crippen LogP contribution in [0.1, 0.15) is 0 Å². The fourth-order valence-corrected chi connectivity index (χ4v) is 14.4. The molecule has 0 aliphatic heterocycles. The summed E-state index contributed by atoms with van der Waals surface area (Å²) in [5.41, 5.74) is 6.89. The fourth-order valence-electron chi connectivity index (χ4n) is 9.61. The lowest BCUT2D eigenvalue weighted by molar-refractivity contribution is 1.18. The van der Waals surface area contributed by atoms with Gasteiger partial charge in [0.15, 0.2) is 8.07 Å². The number of benzene rings is 10. The molecule has 0 spiro atoms. The molecule has 0 radical (unpaired) electrons. The molecule has 0 amide bonds. The van der Waals surface area contributed by atoms with E-state index < -0.39 is 8.07 Å². The number of para-hydroxylation sites is 2. The maximum atomic E-state index is 2.54. The summed E-state index contributed by atoms with van der Waals surface area (Å²) < 4.78 is 2.42. The van der Waals surface area contributed by atoms with Crippen molar-refractivity contribution in [2.45, 2.75) is 0 Å². The second-order valence-corrected chi connectivity index (χ2v) is 19.1. The van der Waals surface area contributed by atoms with Crippen molar-refractivity contribution in [2.75, 3.05) is 4.90 Å². The normalized spacial score (nSPS) is 11.7. The Morgan fingerprint density at radius 2 is 0.814 bits per heavy atom. The van der Waals surface area contributed by atoms with Gasteiger partial charge in [-0.25, -0.2) is 0 Å². The Kier molecular flexibility index (Phi) is 8.53. The summed E-state index contributed by atoms with van der Waals surface area (Å²) in [5.74, 6) is 0. The zero-order valence-electron chi connectivity index (χ0n) is 32.5. The Morgan fingerprint density at radius 1 is 0.322 bits per heavy atom. The molecule has 0 N–H and O–H groups in total. The zero-order valence-corrected chi connectivity index (χ0v) is 33.5. The molecule has 278 valence electrons. The van der Waals surface area contributed by atoms with Crippen LogP contribution in [0.15, 0.2) is 243 Å². The van der Waals surface area contributed by atoms with Crippen LogP contribution in [0, 0.1) is 0 Å². The van der Waals surface area contributed by atoms with E-state index in [1.807, 2.05) is 0 Å². The van der Waals surface area contributed by atoms with Crippen LogP contribution in [0.25, 0.3) is 49.0 Å². The second-order valence-electron chi connectivity index (χ2n) is 15.3. The third-order valence-corrected chi connectivity index (χ3v) is 16.9. The molecule has 0 aliphatic rings. The van der Waals surface area contributed by atoms with Crippen molar-refractivity contribution in [2.24, 2.45) is 0 Å². The first-order valence-electron chi connectivity index (χ1n) is 20.4. The summed E-state index contributed by atoms with van der Waals surface area (Å²) >= 11 is 0. The molecule has 0 saturated heterocycles. The standard InChI is InChI=1S/C56H40N2Si/c1-5-22-42(23-6-1)57-52-36-18-17-35-51(52)56-53(57)37-20-38-54(56)58(55-39-41-21-13-14-32-48(41)49-33-15-16-34-50(49)55)43-24-19-31-47(40-43)59(44-25-7-2-8-26-44,45-27-9-3-10-28-45)46-29-11-4-12-30-46/h1-40H. The van der Waals surface area contributed by atoms with E-state index in [1.165, 1.54) is 64.1 Å². The van der Waals surface area contributed by atoms with Gasteiger partial charge in [0, 0.05) is 27.5 Å². The highest BCUT2D eigenvalue weighted by atomic mass is 28.3. The van der Waals surface area contributed by atoms with E-state index in [-0.39, 0.29) is 0 Å². The maximum absolute atomic E-state index is 2.84. The van der Waals surface area contributed by atoms with E-state index in [9.17, 15) is 0 Å². The first-order chi connectivity index (χ1) is 29.3. The Balaban J connectivity index is 1.27. The topological polar surface area (TPSA) is 8.17 Å². The number of anilines is 3. The average Bonchev–Trinajstić information content (AvgIpc) is 3.66. The molecular weight excluding hydrogens is 729 g/mol. The van der Waals surface area contributed by atoms with Gasteiger partial charge in [0.05, 0.1) is 22.4 Å². The number of rotatable bonds is 8. The van der Waals surface area contributed by atoms with Gasteiger partial charge < -0.3 is 9.47 Å². The van der Waals surface area contributed by atoms with Gasteiger partial charge in [-0.3, -0.25) is 0 Å². The molecule has 11 aromatic rings. The molecule has 10 aromatic carbocycles. The number of aromatic nitrogens is 1. The first-order valence-corrected chi connectivity index (χ1v) is 22.4. The van der Waals surface area contributed by atoms with Crippen molar-refractivity contribution in [3.05, 3.63) is 243 Å². The molecule has 0 bridgehead atoms. The Hall–Kier alpha value is -7.46. The summed E-state index contributed by atoms with van der Waals surface area (Å²) in [5, 5.41) is 12.7. The highest BCUT2D eigenvalue weighted by Crippen LogP contribution is 2.46. The molecule has 0 saturated carbocycles. The van der Waals surface area contributed by atoms with Crippen LogP contribution in [-0.4, -0.2) is 12.6 Å². The molecule has 0 atom stereocenters. The molecule has 11 rings (SSSR count). The molecule has 59 heavy (non-hydrogen) atoms. The smallest absolute Gasteiger partial charge is 0.179 e. The minimum atomic E-state index is -2.84. The van der Waals surface area contributed by atoms with E-state index in [2.05, 4.69) is 252 Å². The van der Waals surface area contributed by atoms with Crippen LogP contribution in [0.3, 0.4) is 0 Å². The highest BCUT2D eigenvalue weighted by Gasteiger charge is 2.41. The molecule has 1 aromatic heterocycles. The van der Waals surface area contributed by atoms with E-state index in [4.69, 9.17) is 0 Å².